The van der Waals surface area contributed by atoms with Crippen LogP contribution in [0.4, 0.5) is 0 Å². The minimum atomic E-state index is -0.458. The third kappa shape index (κ3) is 7.55. The summed E-state index contributed by atoms with van der Waals surface area (Å²) >= 11 is 5.90. The summed E-state index contributed by atoms with van der Waals surface area (Å²) in [6, 6.07) is 14.7. The van der Waals surface area contributed by atoms with Crippen molar-refractivity contribution in [3.63, 3.8) is 0 Å². The van der Waals surface area contributed by atoms with E-state index >= 15 is 0 Å². The fraction of sp³-hybridized carbons (Fsp3) is 0.385. The van der Waals surface area contributed by atoms with Crippen LogP contribution in [0.3, 0.4) is 0 Å². The number of rotatable bonds is 12. The summed E-state index contributed by atoms with van der Waals surface area (Å²) in [5.74, 6) is 0.669. The van der Waals surface area contributed by atoms with E-state index in [1.807, 2.05) is 24.3 Å². The fourth-order valence-electron chi connectivity index (χ4n) is 3.37. The van der Waals surface area contributed by atoms with E-state index in [0.29, 0.717) is 16.5 Å². The van der Waals surface area contributed by atoms with E-state index in [1.54, 1.807) is 30.3 Å². The van der Waals surface area contributed by atoms with E-state index in [2.05, 4.69) is 11.9 Å². The van der Waals surface area contributed by atoms with E-state index in [4.69, 9.17) is 21.1 Å². The van der Waals surface area contributed by atoms with Gasteiger partial charge in [-0.3, -0.25) is 0 Å². The second-order valence-corrected chi connectivity index (χ2v) is 8.17. The van der Waals surface area contributed by atoms with E-state index in [1.165, 1.54) is 44.9 Å². The maximum atomic E-state index is 12.1. The molecule has 1 aliphatic rings. The molecule has 2 aromatic rings. The Morgan fingerprint density at radius 2 is 1.55 bits per heavy atom. The summed E-state index contributed by atoms with van der Waals surface area (Å²) in [5, 5.41) is 0.620. The number of benzene rings is 2. The van der Waals surface area contributed by atoms with Gasteiger partial charge in [-0.05, 0) is 54.5 Å². The molecule has 0 saturated carbocycles. The summed E-state index contributed by atoms with van der Waals surface area (Å²) in [5.41, 5.74) is 1.86. The van der Waals surface area contributed by atoms with Crippen LogP contribution in [0.1, 0.15) is 69.4 Å². The van der Waals surface area contributed by atoms with Crippen molar-refractivity contribution in [3.8, 4) is 5.75 Å². The molecule has 1 heterocycles. The number of ether oxygens (including phenoxy) is 2. The molecule has 0 spiro atoms. The van der Waals surface area contributed by atoms with Gasteiger partial charge in [-0.25, -0.2) is 9.79 Å². The van der Waals surface area contributed by atoms with Crippen LogP contribution in [-0.4, -0.2) is 18.5 Å². The maximum Gasteiger partial charge on any atom is 0.363 e. The minimum Gasteiger partial charge on any atom is -0.494 e. The molecule has 164 valence electrons. The highest BCUT2D eigenvalue weighted by molar-refractivity contribution is 6.30. The molecule has 0 aromatic heterocycles. The maximum absolute atomic E-state index is 12.1. The topological polar surface area (TPSA) is 47.9 Å². The Kier molecular flexibility index (Phi) is 9.16. The molecule has 0 unspecified atom stereocenters. The molecule has 4 nitrogen and oxygen atoms in total. The van der Waals surface area contributed by atoms with Gasteiger partial charge in [0.25, 0.3) is 0 Å². The van der Waals surface area contributed by atoms with Crippen LogP contribution in [0.2, 0.25) is 5.02 Å². The second-order valence-electron chi connectivity index (χ2n) is 7.74. The van der Waals surface area contributed by atoms with Crippen molar-refractivity contribution in [1.82, 2.24) is 0 Å². The largest absolute Gasteiger partial charge is 0.494 e. The third-order valence-corrected chi connectivity index (χ3v) is 5.41. The van der Waals surface area contributed by atoms with Gasteiger partial charge >= 0.3 is 5.97 Å². The van der Waals surface area contributed by atoms with Crippen molar-refractivity contribution < 1.29 is 14.3 Å². The molecule has 31 heavy (non-hydrogen) atoms. The molecule has 0 atom stereocenters. The van der Waals surface area contributed by atoms with Gasteiger partial charge in [-0.2, -0.15) is 0 Å². The zero-order valence-corrected chi connectivity index (χ0v) is 18.9. The molecule has 1 aliphatic heterocycles. The third-order valence-electron chi connectivity index (χ3n) is 5.16. The number of esters is 1. The molecular formula is C26H30ClNO3. The number of halogens is 1. The Bertz CT molecular complexity index is 901. The van der Waals surface area contributed by atoms with Crippen LogP contribution in [-0.2, 0) is 9.53 Å². The van der Waals surface area contributed by atoms with Gasteiger partial charge in [0.05, 0.1) is 6.61 Å². The highest BCUT2D eigenvalue weighted by atomic mass is 35.5. The van der Waals surface area contributed by atoms with Crippen LogP contribution in [0.25, 0.3) is 6.08 Å². The van der Waals surface area contributed by atoms with Crippen molar-refractivity contribution in [2.45, 2.75) is 58.3 Å². The molecule has 0 saturated heterocycles. The predicted molar refractivity (Wildman–Crippen MR) is 127 cm³/mol. The molecule has 0 aliphatic carbocycles. The van der Waals surface area contributed by atoms with Gasteiger partial charge in [0.2, 0.25) is 5.90 Å². The Hall–Kier alpha value is -2.59. The zero-order chi connectivity index (χ0) is 21.9. The van der Waals surface area contributed by atoms with Crippen LogP contribution in [0, 0.1) is 0 Å². The first kappa shape index (κ1) is 23.1. The quantitative estimate of drug-likeness (QED) is 0.199. The Morgan fingerprint density at radius 1 is 0.903 bits per heavy atom. The Labute approximate surface area is 189 Å². The van der Waals surface area contributed by atoms with Crippen LogP contribution >= 0.6 is 11.6 Å². The van der Waals surface area contributed by atoms with Crippen molar-refractivity contribution in [1.29, 1.82) is 0 Å². The lowest BCUT2D eigenvalue weighted by Gasteiger charge is -2.06. The van der Waals surface area contributed by atoms with Gasteiger partial charge in [-0.1, -0.05) is 75.6 Å². The molecule has 0 amide bonds. The van der Waals surface area contributed by atoms with Crippen molar-refractivity contribution >= 4 is 29.5 Å². The monoisotopic (exact) mass is 439 g/mol. The van der Waals surface area contributed by atoms with E-state index in [-0.39, 0.29) is 5.70 Å². The number of carbonyl (C=O) groups excluding carboxylic acids is 1. The van der Waals surface area contributed by atoms with Gasteiger partial charge in [0.15, 0.2) is 5.70 Å². The zero-order valence-electron chi connectivity index (χ0n) is 18.1. The number of aliphatic imine (C=N–C) groups is 1. The van der Waals surface area contributed by atoms with E-state index in [9.17, 15) is 4.79 Å². The lowest BCUT2D eigenvalue weighted by Crippen LogP contribution is -2.05. The Balaban J connectivity index is 1.45. The van der Waals surface area contributed by atoms with Crippen LogP contribution < -0.4 is 4.74 Å². The summed E-state index contributed by atoms with van der Waals surface area (Å²) in [7, 11) is 0. The number of unbranched alkanes of at least 4 members (excludes halogenated alkanes) is 7. The first-order valence-corrected chi connectivity index (χ1v) is 11.5. The minimum absolute atomic E-state index is 0.276. The molecule has 0 N–H and O–H groups in total. The van der Waals surface area contributed by atoms with Gasteiger partial charge in [0, 0.05) is 10.6 Å². The lowest BCUT2D eigenvalue weighted by molar-refractivity contribution is -0.129. The SMILES string of the molecule is CCCCCCCCCCOc1ccc(/C=C2\N=C(c3ccc(Cl)cc3)OC2=O)cc1. The fourth-order valence-corrected chi connectivity index (χ4v) is 3.50. The average molecular weight is 440 g/mol. The summed E-state index contributed by atoms with van der Waals surface area (Å²) in [6.45, 7) is 2.98. The number of hydrogen-bond donors (Lipinski definition) is 0. The average Bonchev–Trinajstić information content (AvgIpc) is 3.14. The van der Waals surface area contributed by atoms with Gasteiger partial charge in [0.1, 0.15) is 5.75 Å². The van der Waals surface area contributed by atoms with Gasteiger partial charge in [-0.15, -0.1) is 0 Å². The van der Waals surface area contributed by atoms with E-state index in [0.717, 1.165) is 24.3 Å². The predicted octanol–water partition coefficient (Wildman–Crippen LogP) is 7.20. The number of nitrogens with zero attached hydrogens (tertiary/aromatic N) is 1. The highest BCUT2D eigenvalue weighted by Gasteiger charge is 2.24. The van der Waals surface area contributed by atoms with Crippen LogP contribution in [0.15, 0.2) is 59.2 Å². The lowest BCUT2D eigenvalue weighted by atomic mass is 10.1. The summed E-state index contributed by atoms with van der Waals surface area (Å²) < 4.78 is 11.1. The molecular weight excluding hydrogens is 410 g/mol. The molecule has 0 radical (unpaired) electrons. The smallest absolute Gasteiger partial charge is 0.363 e. The molecule has 3 rings (SSSR count). The summed E-state index contributed by atoms with van der Waals surface area (Å²) in [4.78, 5) is 16.5. The molecule has 5 heteroatoms. The normalized spacial score (nSPS) is 14.6. The number of cyclic esters (lactones) is 1. The second kappa shape index (κ2) is 12.3. The van der Waals surface area contributed by atoms with Crippen LogP contribution in [0.5, 0.6) is 5.75 Å². The standard InChI is InChI=1S/C26H30ClNO3/c1-2-3-4-5-6-7-8-9-18-30-23-16-10-20(11-17-23)19-24-26(29)31-25(28-24)21-12-14-22(27)15-13-21/h10-17,19H,2-9,18H2,1H3/b24-19-. The molecule has 0 bridgehead atoms. The van der Waals surface area contributed by atoms with Gasteiger partial charge < -0.3 is 9.47 Å². The van der Waals surface area contributed by atoms with Crippen molar-refractivity contribution in [3.05, 3.63) is 70.4 Å². The number of hydrogen-bond acceptors (Lipinski definition) is 4. The highest BCUT2D eigenvalue weighted by Crippen LogP contribution is 2.21. The molecule has 0 fully saturated rings. The number of carbonyl (C=O) groups is 1. The van der Waals surface area contributed by atoms with Crippen molar-refractivity contribution in [2.75, 3.05) is 6.61 Å². The first-order chi connectivity index (χ1) is 15.2. The van der Waals surface area contributed by atoms with E-state index < -0.39 is 5.97 Å². The first-order valence-electron chi connectivity index (χ1n) is 11.2. The molecule has 2 aromatic carbocycles. The Morgan fingerprint density at radius 3 is 2.23 bits per heavy atom. The van der Waals surface area contributed by atoms with Crippen molar-refractivity contribution in [2.24, 2.45) is 4.99 Å². The summed E-state index contributed by atoms with van der Waals surface area (Å²) in [6.07, 6.45) is 12.0.